The van der Waals surface area contributed by atoms with Gasteiger partial charge in [-0.2, -0.15) is 15.0 Å². The second kappa shape index (κ2) is 11.5. The number of benzene rings is 3. The lowest BCUT2D eigenvalue weighted by Gasteiger charge is -2.49. The molecule has 0 unspecified atom stereocenters. The summed E-state index contributed by atoms with van der Waals surface area (Å²) in [7, 11) is 1.61. The molecule has 200 valence electrons. The van der Waals surface area contributed by atoms with Crippen molar-refractivity contribution in [1.82, 2.24) is 25.2 Å². The molecule has 1 N–H and O–H groups in total. The van der Waals surface area contributed by atoms with Gasteiger partial charge in [0.05, 0.1) is 26.3 Å². The smallest absolute Gasteiger partial charge is 0.253 e. The van der Waals surface area contributed by atoms with Gasteiger partial charge in [0.2, 0.25) is 5.91 Å². The number of hydrogen-bond donors (Lipinski definition) is 1. The number of hydrogen-bond acceptors (Lipinski definition) is 5. The molecule has 1 aromatic heterocycles. The van der Waals surface area contributed by atoms with E-state index in [1.165, 1.54) is 16.9 Å². The highest BCUT2D eigenvalue weighted by molar-refractivity contribution is 6.01. The highest BCUT2D eigenvalue weighted by Gasteiger charge is 2.59. The van der Waals surface area contributed by atoms with Gasteiger partial charge >= 0.3 is 0 Å². The van der Waals surface area contributed by atoms with Crippen LogP contribution in [0.1, 0.15) is 28.8 Å². The summed E-state index contributed by atoms with van der Waals surface area (Å²) < 4.78 is 18.5. The highest BCUT2D eigenvalue weighted by atomic mass is 19.1. The molecule has 9 heteroatoms. The van der Waals surface area contributed by atoms with Gasteiger partial charge in [-0.15, -0.1) is 0 Å². The molecule has 1 fully saturated rings. The second-order valence-corrected chi connectivity index (χ2v) is 9.55. The molecule has 8 nitrogen and oxygen atoms in total. The van der Waals surface area contributed by atoms with Gasteiger partial charge in [0.25, 0.3) is 5.91 Å². The number of ether oxygens (including phenoxy) is 1. The number of rotatable bonds is 11. The molecule has 1 saturated heterocycles. The summed E-state index contributed by atoms with van der Waals surface area (Å²) in [6.07, 6.45) is 2.76. The Kier molecular flexibility index (Phi) is 7.67. The summed E-state index contributed by atoms with van der Waals surface area (Å²) >= 11 is 0. The molecule has 0 aliphatic carbocycles. The largest absolute Gasteiger partial charge is 0.497 e. The third kappa shape index (κ3) is 5.67. The molecule has 0 radical (unpaired) electrons. The number of halogens is 1. The SMILES string of the molecule is COc1ccc(CCN2C(=O)C[C@]2(C(=O)NCc2ccccc2)c2cnn(CCc3ccc(F)cc3)n2)cc1. The molecule has 2 heterocycles. The zero-order chi connectivity index (χ0) is 27.2. The Hall–Kier alpha value is -4.53. The maximum atomic E-state index is 13.8. The van der Waals surface area contributed by atoms with Crippen molar-refractivity contribution in [1.29, 1.82) is 0 Å². The monoisotopic (exact) mass is 527 g/mol. The van der Waals surface area contributed by atoms with E-state index in [2.05, 4.69) is 15.5 Å². The van der Waals surface area contributed by atoms with Gasteiger partial charge in [0.1, 0.15) is 17.3 Å². The normalized spacial score (nSPS) is 16.6. The maximum Gasteiger partial charge on any atom is 0.253 e. The predicted octanol–water partition coefficient (Wildman–Crippen LogP) is 3.66. The van der Waals surface area contributed by atoms with Crippen LogP contribution in [0.15, 0.2) is 85.1 Å². The predicted molar refractivity (Wildman–Crippen MR) is 143 cm³/mol. The first-order valence-corrected chi connectivity index (χ1v) is 12.9. The van der Waals surface area contributed by atoms with E-state index in [-0.39, 0.29) is 24.1 Å². The minimum Gasteiger partial charge on any atom is -0.497 e. The van der Waals surface area contributed by atoms with Crippen LogP contribution in [0.25, 0.3) is 0 Å². The number of carbonyl (C=O) groups excluding carboxylic acids is 2. The molecule has 1 aliphatic rings. The van der Waals surface area contributed by atoms with Gasteiger partial charge < -0.3 is 15.0 Å². The van der Waals surface area contributed by atoms with Crippen molar-refractivity contribution in [2.45, 2.75) is 37.9 Å². The van der Waals surface area contributed by atoms with E-state index in [0.717, 1.165) is 22.4 Å². The molecular formula is C30H30FN5O3. The summed E-state index contributed by atoms with van der Waals surface area (Å²) in [4.78, 5) is 29.8. The summed E-state index contributed by atoms with van der Waals surface area (Å²) in [5, 5.41) is 12.0. The Labute approximate surface area is 226 Å². The molecule has 1 aliphatic heterocycles. The average molecular weight is 528 g/mol. The summed E-state index contributed by atoms with van der Waals surface area (Å²) in [5.74, 6) is 0.0715. The second-order valence-electron chi connectivity index (χ2n) is 9.55. The van der Waals surface area contributed by atoms with E-state index in [1.807, 2.05) is 54.6 Å². The molecule has 3 aromatic carbocycles. The van der Waals surface area contributed by atoms with Crippen LogP contribution in [0.2, 0.25) is 0 Å². The molecule has 39 heavy (non-hydrogen) atoms. The Balaban J connectivity index is 1.36. The van der Waals surface area contributed by atoms with Crippen LogP contribution in [-0.2, 0) is 41.1 Å². The fourth-order valence-corrected chi connectivity index (χ4v) is 4.83. The van der Waals surface area contributed by atoms with Crippen LogP contribution in [0.4, 0.5) is 4.39 Å². The number of β-lactam (4-membered cyclic amide) rings is 1. The first kappa shape index (κ1) is 26.1. The van der Waals surface area contributed by atoms with Crippen LogP contribution in [0.3, 0.4) is 0 Å². The minimum atomic E-state index is -1.24. The molecule has 0 saturated carbocycles. The van der Waals surface area contributed by atoms with Crippen molar-refractivity contribution < 1.29 is 18.7 Å². The molecule has 2 amide bonds. The number of amides is 2. The molecule has 0 bridgehead atoms. The van der Waals surface area contributed by atoms with Gasteiger partial charge in [-0.05, 0) is 53.8 Å². The minimum absolute atomic E-state index is 0.0207. The lowest BCUT2D eigenvalue weighted by molar-refractivity contribution is -0.168. The van der Waals surface area contributed by atoms with E-state index in [4.69, 9.17) is 4.74 Å². The van der Waals surface area contributed by atoms with Crippen molar-refractivity contribution in [3.05, 3.63) is 113 Å². The number of carbonyl (C=O) groups is 2. The van der Waals surface area contributed by atoms with Gasteiger partial charge in [0, 0.05) is 13.1 Å². The fraction of sp³-hybridized carbons (Fsp3) is 0.267. The van der Waals surface area contributed by atoms with Gasteiger partial charge in [-0.3, -0.25) is 9.59 Å². The zero-order valence-corrected chi connectivity index (χ0v) is 21.7. The average Bonchev–Trinajstić information content (AvgIpc) is 3.44. The number of methoxy groups -OCH3 is 1. The number of nitrogens with one attached hydrogen (secondary N) is 1. The molecule has 4 aromatic rings. The third-order valence-corrected chi connectivity index (χ3v) is 7.10. The first-order valence-electron chi connectivity index (χ1n) is 12.9. The lowest BCUT2D eigenvalue weighted by Crippen LogP contribution is -2.68. The molecule has 0 spiro atoms. The molecule has 1 atom stereocenters. The van der Waals surface area contributed by atoms with Crippen molar-refractivity contribution >= 4 is 11.8 Å². The van der Waals surface area contributed by atoms with Crippen molar-refractivity contribution in [2.24, 2.45) is 0 Å². The molecular weight excluding hydrogens is 497 g/mol. The van der Waals surface area contributed by atoms with Gasteiger partial charge in [-0.25, -0.2) is 4.39 Å². The quantitative estimate of drug-likeness (QED) is 0.301. The van der Waals surface area contributed by atoms with E-state index >= 15 is 0 Å². The standard InChI is InChI=1S/C30H30FN5O3/c1-39-26-13-9-23(10-14-26)15-17-35-28(37)19-30(35,29(38)32-20-24-5-3-2-4-6-24)27-21-33-36(34-27)18-16-22-7-11-25(31)12-8-22/h2-14,21H,15-20H2,1H3,(H,32,38)/t30-/m1/s1. The van der Waals surface area contributed by atoms with E-state index in [1.54, 1.807) is 30.3 Å². The first-order chi connectivity index (χ1) is 19.0. The maximum absolute atomic E-state index is 13.8. The number of nitrogens with zero attached hydrogens (tertiary/aromatic N) is 4. The summed E-state index contributed by atoms with van der Waals surface area (Å²) in [6.45, 7) is 1.14. The number of aromatic nitrogens is 3. The summed E-state index contributed by atoms with van der Waals surface area (Å²) in [5.41, 5.74) is 2.12. The Morgan fingerprint density at radius 1 is 0.949 bits per heavy atom. The Morgan fingerprint density at radius 2 is 1.62 bits per heavy atom. The van der Waals surface area contributed by atoms with Crippen LogP contribution in [0.5, 0.6) is 5.75 Å². The number of aryl methyl sites for hydroxylation is 2. The van der Waals surface area contributed by atoms with Gasteiger partial charge in [0.15, 0.2) is 5.54 Å². The van der Waals surface area contributed by atoms with Gasteiger partial charge in [-0.1, -0.05) is 54.6 Å². The van der Waals surface area contributed by atoms with E-state index < -0.39 is 5.54 Å². The van der Waals surface area contributed by atoms with Crippen molar-refractivity contribution in [2.75, 3.05) is 13.7 Å². The van der Waals surface area contributed by atoms with Crippen molar-refractivity contribution in [3.8, 4) is 5.75 Å². The van der Waals surface area contributed by atoms with Crippen LogP contribution < -0.4 is 10.1 Å². The Morgan fingerprint density at radius 3 is 2.28 bits per heavy atom. The van der Waals surface area contributed by atoms with Crippen LogP contribution in [0, 0.1) is 5.82 Å². The third-order valence-electron chi connectivity index (χ3n) is 7.10. The summed E-state index contributed by atoms with van der Waals surface area (Å²) in [6, 6.07) is 23.6. The van der Waals surface area contributed by atoms with Crippen LogP contribution >= 0.6 is 0 Å². The molecule has 5 rings (SSSR count). The van der Waals surface area contributed by atoms with Crippen LogP contribution in [-0.4, -0.2) is 45.4 Å². The highest BCUT2D eigenvalue weighted by Crippen LogP contribution is 2.41. The number of likely N-dealkylation sites (tertiary alicyclic amines) is 1. The van der Waals surface area contributed by atoms with E-state index in [9.17, 15) is 14.0 Å². The fourth-order valence-electron chi connectivity index (χ4n) is 4.83. The zero-order valence-electron chi connectivity index (χ0n) is 21.7. The lowest BCUT2D eigenvalue weighted by atomic mass is 9.79. The Bertz CT molecular complexity index is 1420. The van der Waals surface area contributed by atoms with E-state index in [0.29, 0.717) is 38.2 Å². The topological polar surface area (TPSA) is 89.4 Å². The van der Waals surface area contributed by atoms with Crippen molar-refractivity contribution in [3.63, 3.8) is 0 Å².